The van der Waals surface area contributed by atoms with E-state index in [-0.39, 0.29) is 0 Å². The third kappa shape index (κ3) is 3.19. The number of hydrogen-bond acceptors (Lipinski definition) is 1. The van der Waals surface area contributed by atoms with Gasteiger partial charge in [-0.2, -0.15) is 0 Å². The third-order valence-electron chi connectivity index (χ3n) is 3.55. The van der Waals surface area contributed by atoms with Crippen LogP contribution in [0.1, 0.15) is 45.2 Å². The molecule has 0 spiro atoms. The number of benzene rings is 1. The lowest BCUT2D eigenvalue weighted by atomic mass is 10.1. The Morgan fingerprint density at radius 3 is 2.55 bits per heavy atom. The van der Waals surface area contributed by atoms with Gasteiger partial charge < -0.3 is 4.57 Å². The molecule has 0 aliphatic heterocycles. The molecule has 0 bridgehead atoms. The first-order valence-corrected chi connectivity index (χ1v) is 7.54. The van der Waals surface area contributed by atoms with Crippen LogP contribution < -0.4 is 0 Å². The quantitative estimate of drug-likeness (QED) is 0.715. The largest absolute Gasteiger partial charge is 0.327 e. The van der Waals surface area contributed by atoms with E-state index in [1.807, 2.05) is 12.3 Å². The zero-order chi connectivity index (χ0) is 14.4. The lowest BCUT2D eigenvalue weighted by Gasteiger charge is -2.09. The van der Waals surface area contributed by atoms with Crippen molar-refractivity contribution in [3.8, 4) is 11.4 Å². The normalized spacial score (nSPS) is 11.8. The van der Waals surface area contributed by atoms with Crippen molar-refractivity contribution in [3.05, 3.63) is 48.3 Å². The topological polar surface area (TPSA) is 17.8 Å². The van der Waals surface area contributed by atoms with Crippen LogP contribution in [0.4, 0.5) is 0 Å². The predicted molar refractivity (Wildman–Crippen MR) is 86.4 cm³/mol. The minimum absolute atomic E-state index is 1.04. The van der Waals surface area contributed by atoms with Gasteiger partial charge in [0.1, 0.15) is 5.82 Å². The Morgan fingerprint density at radius 2 is 1.90 bits per heavy atom. The fraction of sp³-hybridized carbons (Fsp3) is 0.389. The van der Waals surface area contributed by atoms with E-state index in [0.29, 0.717) is 0 Å². The van der Waals surface area contributed by atoms with Crippen molar-refractivity contribution in [3.63, 3.8) is 0 Å². The second kappa shape index (κ2) is 7.09. The van der Waals surface area contributed by atoms with E-state index in [2.05, 4.69) is 60.8 Å². The molecule has 0 N–H and O–H groups in total. The van der Waals surface area contributed by atoms with E-state index in [9.17, 15) is 0 Å². The highest BCUT2D eigenvalue weighted by molar-refractivity contribution is 5.66. The number of hydrogen-bond donors (Lipinski definition) is 0. The fourth-order valence-corrected chi connectivity index (χ4v) is 2.49. The molecule has 0 amide bonds. The number of unbranched alkanes of at least 4 members (excludes halogenated alkanes) is 1. The maximum atomic E-state index is 4.62. The summed E-state index contributed by atoms with van der Waals surface area (Å²) < 4.78 is 2.21. The van der Waals surface area contributed by atoms with Gasteiger partial charge >= 0.3 is 0 Å². The zero-order valence-electron chi connectivity index (χ0n) is 12.8. The molecule has 0 radical (unpaired) electrons. The molecule has 0 saturated carbocycles. The van der Waals surface area contributed by atoms with Crippen LogP contribution in [-0.4, -0.2) is 9.55 Å². The average molecular weight is 268 g/mol. The van der Waals surface area contributed by atoms with Gasteiger partial charge in [0.15, 0.2) is 0 Å². The van der Waals surface area contributed by atoms with Gasteiger partial charge in [-0.1, -0.05) is 63.1 Å². The minimum atomic E-state index is 1.04. The van der Waals surface area contributed by atoms with Crippen molar-refractivity contribution in [1.82, 2.24) is 9.55 Å². The van der Waals surface area contributed by atoms with Crippen LogP contribution >= 0.6 is 0 Å². The van der Waals surface area contributed by atoms with Crippen LogP contribution in [-0.2, 0) is 7.05 Å². The predicted octanol–water partition coefficient (Wildman–Crippen LogP) is 5.07. The van der Waals surface area contributed by atoms with E-state index >= 15 is 0 Å². The van der Waals surface area contributed by atoms with Gasteiger partial charge in [-0.15, -0.1) is 0 Å². The van der Waals surface area contributed by atoms with Crippen LogP contribution in [0.3, 0.4) is 0 Å². The third-order valence-corrected chi connectivity index (χ3v) is 3.55. The van der Waals surface area contributed by atoms with Crippen molar-refractivity contribution < 1.29 is 0 Å². The van der Waals surface area contributed by atoms with E-state index in [1.54, 1.807) is 0 Å². The Balaban J connectivity index is 2.36. The maximum Gasteiger partial charge on any atom is 0.140 e. The second-order valence-electron chi connectivity index (χ2n) is 5.16. The Hall–Kier alpha value is -1.83. The van der Waals surface area contributed by atoms with Crippen molar-refractivity contribution >= 4 is 5.57 Å². The lowest BCUT2D eigenvalue weighted by Crippen LogP contribution is -1.98. The summed E-state index contributed by atoms with van der Waals surface area (Å²) in [4.78, 5) is 4.62. The van der Waals surface area contributed by atoms with Crippen molar-refractivity contribution in [2.45, 2.75) is 39.5 Å². The highest BCUT2D eigenvalue weighted by atomic mass is 15.1. The van der Waals surface area contributed by atoms with E-state index in [1.165, 1.54) is 29.7 Å². The molecule has 0 fully saturated rings. The van der Waals surface area contributed by atoms with Gasteiger partial charge in [-0.3, -0.25) is 0 Å². The number of nitrogens with zero attached hydrogens (tertiary/aromatic N) is 2. The number of rotatable bonds is 6. The number of imidazole rings is 1. The first-order chi connectivity index (χ1) is 9.77. The molecule has 2 aromatic rings. The van der Waals surface area contributed by atoms with E-state index in [0.717, 1.165) is 18.7 Å². The number of aromatic nitrogens is 2. The lowest BCUT2D eigenvalue weighted by molar-refractivity contribution is 0.875. The first-order valence-electron chi connectivity index (χ1n) is 7.54. The summed E-state index contributed by atoms with van der Waals surface area (Å²) in [5, 5.41) is 0. The highest BCUT2D eigenvalue weighted by Crippen LogP contribution is 2.25. The molecule has 2 nitrogen and oxygen atoms in total. The minimum Gasteiger partial charge on any atom is -0.327 e. The van der Waals surface area contributed by atoms with Gasteiger partial charge in [0.2, 0.25) is 0 Å². The van der Waals surface area contributed by atoms with Crippen molar-refractivity contribution in [2.24, 2.45) is 7.05 Å². The van der Waals surface area contributed by atoms with Gasteiger partial charge in [-0.05, 0) is 18.4 Å². The smallest absolute Gasteiger partial charge is 0.140 e. The van der Waals surface area contributed by atoms with Gasteiger partial charge in [0, 0.05) is 12.6 Å². The second-order valence-corrected chi connectivity index (χ2v) is 5.16. The monoisotopic (exact) mass is 268 g/mol. The summed E-state index contributed by atoms with van der Waals surface area (Å²) >= 11 is 0. The summed E-state index contributed by atoms with van der Waals surface area (Å²) in [7, 11) is 2.11. The summed E-state index contributed by atoms with van der Waals surface area (Å²) in [6, 6.07) is 10.4. The fourth-order valence-electron chi connectivity index (χ4n) is 2.49. The summed E-state index contributed by atoms with van der Waals surface area (Å²) in [5.74, 6) is 1.04. The maximum absolute atomic E-state index is 4.62. The van der Waals surface area contributed by atoms with Gasteiger partial charge in [0.05, 0.1) is 11.9 Å². The molecule has 106 valence electrons. The molecule has 20 heavy (non-hydrogen) atoms. The first kappa shape index (κ1) is 14.6. The van der Waals surface area contributed by atoms with Gasteiger partial charge in [0.25, 0.3) is 0 Å². The van der Waals surface area contributed by atoms with Crippen LogP contribution in [0.25, 0.3) is 17.0 Å². The molecule has 2 heteroatoms. The molecular weight excluding hydrogens is 244 g/mol. The van der Waals surface area contributed by atoms with Crippen LogP contribution in [0.5, 0.6) is 0 Å². The Kier molecular flexibility index (Phi) is 5.16. The molecule has 1 aromatic heterocycles. The molecule has 0 unspecified atom stereocenters. The summed E-state index contributed by atoms with van der Waals surface area (Å²) in [6.45, 7) is 4.45. The molecule has 0 aliphatic carbocycles. The highest BCUT2D eigenvalue weighted by Gasteiger charge is 2.11. The Morgan fingerprint density at radius 1 is 1.15 bits per heavy atom. The molecule has 0 aliphatic rings. The Bertz CT molecular complexity index is 564. The Labute approximate surface area is 122 Å². The van der Waals surface area contributed by atoms with Crippen molar-refractivity contribution in [2.75, 3.05) is 0 Å². The molecule has 0 saturated heterocycles. The van der Waals surface area contributed by atoms with Crippen LogP contribution in [0.15, 0.2) is 42.6 Å². The van der Waals surface area contributed by atoms with Crippen LogP contribution in [0, 0.1) is 0 Å². The molecular formula is C18H24N2. The zero-order valence-corrected chi connectivity index (χ0v) is 12.8. The molecule has 1 aromatic carbocycles. The molecule has 2 rings (SSSR count). The summed E-state index contributed by atoms with van der Waals surface area (Å²) in [5.41, 5.74) is 3.85. The average Bonchev–Trinajstić information content (AvgIpc) is 2.86. The standard InChI is InChI=1S/C18H24N2/c1-4-6-11-15(10-5-2)17-14-19-18(20(17)3)16-12-8-7-9-13-16/h7-9,11-14H,4-6,10H2,1-3H3/b15-11+. The van der Waals surface area contributed by atoms with Gasteiger partial charge in [-0.25, -0.2) is 4.98 Å². The van der Waals surface area contributed by atoms with Crippen molar-refractivity contribution in [1.29, 1.82) is 0 Å². The van der Waals surface area contributed by atoms with E-state index < -0.39 is 0 Å². The molecule has 1 heterocycles. The molecule has 0 atom stereocenters. The van der Waals surface area contributed by atoms with E-state index in [4.69, 9.17) is 0 Å². The van der Waals surface area contributed by atoms with Crippen LogP contribution in [0.2, 0.25) is 0 Å². The SMILES string of the molecule is CCC/C=C(\CCC)c1cnc(-c2ccccc2)n1C. The summed E-state index contributed by atoms with van der Waals surface area (Å²) in [6.07, 6.45) is 9.00. The number of allylic oxidation sites excluding steroid dienone is 2.